The number of amides is 3. The molecule has 2 aliphatic heterocycles. The molecular weight excluding hydrogens is 406 g/mol. The van der Waals surface area contributed by atoms with Crippen molar-refractivity contribution in [2.45, 2.75) is 19.0 Å². The highest BCUT2D eigenvalue weighted by molar-refractivity contribution is 6.07. The summed E-state index contributed by atoms with van der Waals surface area (Å²) < 4.78 is 10.7. The second-order valence-electron chi connectivity index (χ2n) is 7.87. The van der Waals surface area contributed by atoms with E-state index in [0.717, 1.165) is 16.7 Å². The Labute approximate surface area is 184 Å². The average Bonchev–Trinajstić information content (AvgIpc) is 3.38. The van der Waals surface area contributed by atoms with Gasteiger partial charge in [-0.1, -0.05) is 48.5 Å². The van der Waals surface area contributed by atoms with Gasteiger partial charge in [0.2, 0.25) is 6.79 Å². The van der Waals surface area contributed by atoms with Crippen molar-refractivity contribution in [2.24, 2.45) is 0 Å². The third kappa shape index (κ3) is 3.13. The van der Waals surface area contributed by atoms with Gasteiger partial charge >= 0.3 is 6.03 Å². The maximum absolute atomic E-state index is 13.2. The molecule has 7 nitrogen and oxygen atoms in total. The van der Waals surface area contributed by atoms with Gasteiger partial charge in [0, 0.05) is 0 Å². The first-order valence-electron chi connectivity index (χ1n) is 10.1. The molecule has 1 N–H and O–H groups in total. The molecule has 0 aromatic heterocycles. The van der Waals surface area contributed by atoms with E-state index in [-0.39, 0.29) is 19.2 Å². The fourth-order valence-corrected chi connectivity index (χ4v) is 4.05. The summed E-state index contributed by atoms with van der Waals surface area (Å²) in [5.74, 6) is 0.835. The Hall–Kier alpha value is -4.31. The molecule has 0 aliphatic carbocycles. The van der Waals surface area contributed by atoms with Crippen LogP contribution in [0.3, 0.4) is 0 Å². The van der Waals surface area contributed by atoms with Crippen molar-refractivity contribution in [1.29, 1.82) is 5.26 Å². The molecule has 1 fully saturated rings. The highest BCUT2D eigenvalue weighted by Crippen LogP contribution is 2.38. The van der Waals surface area contributed by atoms with Crippen molar-refractivity contribution in [1.82, 2.24) is 10.2 Å². The molecule has 1 atom stereocenters. The summed E-state index contributed by atoms with van der Waals surface area (Å²) in [5.41, 5.74) is 2.57. The number of nitrogens with zero attached hydrogens (tertiary/aromatic N) is 2. The summed E-state index contributed by atoms with van der Waals surface area (Å²) in [6.45, 7) is 1.97. The lowest BCUT2D eigenvalue weighted by Gasteiger charge is -2.22. The molecule has 158 valence electrons. The number of urea groups is 1. The lowest BCUT2D eigenvalue weighted by Crippen LogP contribution is -2.40. The average molecular weight is 425 g/mol. The number of ether oxygens (including phenoxy) is 2. The number of carbonyl (C=O) groups is 2. The molecule has 3 aromatic rings. The number of rotatable bonds is 4. The molecule has 3 aromatic carbocycles. The van der Waals surface area contributed by atoms with Crippen molar-refractivity contribution in [3.63, 3.8) is 0 Å². The number of imide groups is 1. The molecule has 0 radical (unpaired) electrons. The van der Waals surface area contributed by atoms with Crippen molar-refractivity contribution in [2.75, 3.05) is 6.79 Å². The normalized spacial score (nSPS) is 19.1. The van der Waals surface area contributed by atoms with E-state index in [9.17, 15) is 14.9 Å². The Balaban J connectivity index is 1.37. The maximum atomic E-state index is 13.2. The molecule has 7 heteroatoms. The number of benzene rings is 3. The van der Waals surface area contributed by atoms with Crippen LogP contribution in [0.1, 0.15) is 23.6 Å². The fourth-order valence-electron chi connectivity index (χ4n) is 4.05. The van der Waals surface area contributed by atoms with Gasteiger partial charge in [-0.2, -0.15) is 5.26 Å². The van der Waals surface area contributed by atoms with Crippen LogP contribution >= 0.6 is 0 Å². The van der Waals surface area contributed by atoms with E-state index in [2.05, 4.69) is 11.4 Å². The van der Waals surface area contributed by atoms with Gasteiger partial charge in [0.15, 0.2) is 11.5 Å². The second-order valence-corrected chi connectivity index (χ2v) is 7.87. The maximum Gasteiger partial charge on any atom is 0.325 e. The summed E-state index contributed by atoms with van der Waals surface area (Å²) in [4.78, 5) is 27.1. The Bertz CT molecular complexity index is 1280. The highest BCUT2D eigenvalue weighted by Gasteiger charge is 2.49. The minimum absolute atomic E-state index is 0.136. The first-order valence-corrected chi connectivity index (χ1v) is 10.1. The summed E-state index contributed by atoms with van der Waals surface area (Å²) in [6, 6.07) is 21.8. The van der Waals surface area contributed by atoms with E-state index in [4.69, 9.17) is 9.47 Å². The van der Waals surface area contributed by atoms with Crippen LogP contribution in [0.5, 0.6) is 11.5 Å². The van der Waals surface area contributed by atoms with Crippen LogP contribution in [0.25, 0.3) is 11.1 Å². The zero-order valence-corrected chi connectivity index (χ0v) is 17.3. The lowest BCUT2D eigenvalue weighted by atomic mass is 9.91. The molecule has 32 heavy (non-hydrogen) atoms. The lowest BCUT2D eigenvalue weighted by molar-refractivity contribution is -0.131. The highest BCUT2D eigenvalue weighted by atomic mass is 16.7. The summed E-state index contributed by atoms with van der Waals surface area (Å²) in [6.07, 6.45) is 0. The fraction of sp³-hybridized carbons (Fsp3) is 0.160. The van der Waals surface area contributed by atoms with Crippen LogP contribution in [0.4, 0.5) is 4.79 Å². The van der Waals surface area contributed by atoms with Crippen LogP contribution in [-0.4, -0.2) is 23.6 Å². The van der Waals surface area contributed by atoms with Crippen LogP contribution in [0.15, 0.2) is 66.7 Å². The molecule has 5 rings (SSSR count). The van der Waals surface area contributed by atoms with E-state index in [0.29, 0.717) is 22.6 Å². The Morgan fingerprint density at radius 3 is 2.56 bits per heavy atom. The Morgan fingerprint density at radius 2 is 1.78 bits per heavy atom. The van der Waals surface area contributed by atoms with Crippen LogP contribution in [0.2, 0.25) is 0 Å². The van der Waals surface area contributed by atoms with E-state index < -0.39 is 11.6 Å². The van der Waals surface area contributed by atoms with E-state index in [1.807, 2.05) is 42.5 Å². The largest absolute Gasteiger partial charge is 0.454 e. The third-order valence-corrected chi connectivity index (χ3v) is 5.88. The standard InChI is InChI=1S/C25H19N3O4/c1-25(19-10-11-21-22(12-19)32-15-31-21)23(29)28(24(30)27-25)14-16-6-8-17(9-7-16)20-5-3-2-4-18(20)13-26/h2-12H,14-15H2,1H3,(H,27,30). The van der Waals surface area contributed by atoms with Crippen LogP contribution in [0, 0.1) is 11.3 Å². The predicted octanol–water partition coefficient (Wildman–Crippen LogP) is 3.92. The monoisotopic (exact) mass is 425 g/mol. The number of hydrogen-bond donors (Lipinski definition) is 1. The first-order chi connectivity index (χ1) is 15.5. The number of fused-ring (bicyclic) bond motifs is 1. The van der Waals surface area contributed by atoms with Crippen molar-refractivity contribution in [3.8, 4) is 28.7 Å². The molecule has 1 unspecified atom stereocenters. The minimum Gasteiger partial charge on any atom is -0.454 e. The topological polar surface area (TPSA) is 91.7 Å². The van der Waals surface area contributed by atoms with E-state index >= 15 is 0 Å². The minimum atomic E-state index is -1.19. The SMILES string of the molecule is CC1(c2ccc3c(c2)OCO3)NC(=O)N(Cc2ccc(-c3ccccc3C#N)cc2)C1=O. The van der Waals surface area contributed by atoms with Crippen LogP contribution < -0.4 is 14.8 Å². The van der Waals surface area contributed by atoms with Crippen molar-refractivity contribution in [3.05, 3.63) is 83.4 Å². The Kier molecular flexibility index (Phi) is 4.56. The van der Waals surface area contributed by atoms with Gasteiger partial charge in [-0.25, -0.2) is 4.79 Å². The number of nitrogens with one attached hydrogen (secondary N) is 1. The number of carbonyl (C=O) groups excluding carboxylic acids is 2. The molecule has 0 spiro atoms. The predicted molar refractivity (Wildman–Crippen MR) is 116 cm³/mol. The number of nitriles is 1. The quantitative estimate of drug-likeness (QED) is 0.640. The molecular formula is C25H19N3O4. The molecule has 0 bridgehead atoms. The number of hydrogen-bond acceptors (Lipinski definition) is 5. The van der Waals surface area contributed by atoms with Gasteiger partial charge in [0.1, 0.15) is 5.54 Å². The van der Waals surface area contributed by atoms with Gasteiger partial charge < -0.3 is 14.8 Å². The Morgan fingerprint density at radius 1 is 1.03 bits per heavy atom. The van der Waals surface area contributed by atoms with Gasteiger partial charge in [-0.15, -0.1) is 0 Å². The summed E-state index contributed by atoms with van der Waals surface area (Å²) >= 11 is 0. The smallest absolute Gasteiger partial charge is 0.325 e. The molecule has 2 heterocycles. The van der Waals surface area contributed by atoms with Gasteiger partial charge in [0.05, 0.1) is 18.2 Å². The molecule has 3 amide bonds. The van der Waals surface area contributed by atoms with E-state index in [1.54, 1.807) is 31.2 Å². The van der Waals surface area contributed by atoms with Gasteiger partial charge in [-0.3, -0.25) is 9.69 Å². The van der Waals surface area contributed by atoms with Gasteiger partial charge in [-0.05, 0) is 47.4 Å². The molecule has 1 saturated heterocycles. The van der Waals surface area contributed by atoms with E-state index in [1.165, 1.54) is 4.90 Å². The van der Waals surface area contributed by atoms with Gasteiger partial charge in [0.25, 0.3) is 5.91 Å². The third-order valence-electron chi connectivity index (χ3n) is 5.88. The molecule has 0 saturated carbocycles. The van der Waals surface area contributed by atoms with Crippen molar-refractivity contribution >= 4 is 11.9 Å². The summed E-state index contributed by atoms with van der Waals surface area (Å²) in [7, 11) is 0. The zero-order chi connectivity index (χ0) is 22.3. The first kappa shape index (κ1) is 19.6. The van der Waals surface area contributed by atoms with Crippen molar-refractivity contribution < 1.29 is 19.1 Å². The van der Waals surface area contributed by atoms with Crippen LogP contribution in [-0.2, 0) is 16.9 Å². The molecule has 2 aliphatic rings. The zero-order valence-electron chi connectivity index (χ0n) is 17.3. The summed E-state index contributed by atoms with van der Waals surface area (Å²) in [5, 5.41) is 12.1. The second kappa shape index (κ2) is 7.43.